The normalized spacial score (nSPS) is 14.2. The first kappa shape index (κ1) is 10.4. The Bertz CT molecular complexity index is 283. The van der Waals surface area contributed by atoms with Gasteiger partial charge in [-0.05, 0) is 48.9 Å². The van der Waals surface area contributed by atoms with Crippen molar-refractivity contribution in [2.45, 2.75) is 25.7 Å². The van der Waals surface area contributed by atoms with E-state index in [4.69, 9.17) is 0 Å². The molecule has 1 N–H and O–H groups in total. The van der Waals surface area contributed by atoms with Crippen LogP contribution in [-0.2, 0) is 12.8 Å². The SMILES string of the molecule is CNc1ccc2c(c1)CCCC2.Cl. The molecule has 0 spiro atoms. The van der Waals surface area contributed by atoms with Gasteiger partial charge >= 0.3 is 0 Å². The highest BCUT2D eigenvalue weighted by molar-refractivity contribution is 5.85. The number of hydrogen-bond donors (Lipinski definition) is 1. The monoisotopic (exact) mass is 197 g/mol. The number of hydrogen-bond acceptors (Lipinski definition) is 1. The second-order valence-electron chi connectivity index (χ2n) is 3.44. The van der Waals surface area contributed by atoms with Gasteiger partial charge in [0.2, 0.25) is 0 Å². The van der Waals surface area contributed by atoms with E-state index in [1.807, 2.05) is 7.05 Å². The van der Waals surface area contributed by atoms with Crippen LogP contribution in [0.2, 0.25) is 0 Å². The van der Waals surface area contributed by atoms with Gasteiger partial charge in [-0.2, -0.15) is 0 Å². The Labute approximate surface area is 86.0 Å². The van der Waals surface area contributed by atoms with Crippen molar-refractivity contribution >= 4 is 18.1 Å². The summed E-state index contributed by atoms with van der Waals surface area (Å²) >= 11 is 0. The molecule has 0 atom stereocenters. The minimum Gasteiger partial charge on any atom is -0.388 e. The molecule has 1 aromatic rings. The number of halogens is 1. The number of rotatable bonds is 1. The molecule has 2 rings (SSSR count). The average Bonchev–Trinajstić information content (AvgIpc) is 2.17. The predicted molar refractivity (Wildman–Crippen MR) is 59.9 cm³/mol. The fourth-order valence-corrected chi connectivity index (χ4v) is 1.89. The van der Waals surface area contributed by atoms with Gasteiger partial charge in [0.15, 0.2) is 0 Å². The van der Waals surface area contributed by atoms with Crippen LogP contribution in [0.15, 0.2) is 18.2 Å². The van der Waals surface area contributed by atoms with Crippen molar-refractivity contribution in [2.24, 2.45) is 0 Å². The number of fused-ring (bicyclic) bond motifs is 1. The van der Waals surface area contributed by atoms with Crippen LogP contribution in [0, 0.1) is 0 Å². The molecule has 0 bridgehead atoms. The lowest BCUT2D eigenvalue weighted by Crippen LogP contribution is -2.02. The van der Waals surface area contributed by atoms with Crippen molar-refractivity contribution in [1.29, 1.82) is 0 Å². The molecule has 0 saturated heterocycles. The van der Waals surface area contributed by atoms with E-state index in [0.717, 1.165) is 0 Å². The summed E-state index contributed by atoms with van der Waals surface area (Å²) in [6.45, 7) is 0. The smallest absolute Gasteiger partial charge is 0.0340 e. The number of anilines is 1. The molecule has 1 aromatic carbocycles. The molecule has 72 valence electrons. The van der Waals surface area contributed by atoms with Crippen molar-refractivity contribution in [3.8, 4) is 0 Å². The molecule has 0 heterocycles. The maximum absolute atomic E-state index is 3.18. The van der Waals surface area contributed by atoms with Crippen LogP contribution < -0.4 is 5.32 Å². The van der Waals surface area contributed by atoms with Crippen LogP contribution in [0.3, 0.4) is 0 Å². The van der Waals surface area contributed by atoms with Crippen LogP contribution in [0.5, 0.6) is 0 Å². The maximum Gasteiger partial charge on any atom is 0.0340 e. The quantitative estimate of drug-likeness (QED) is 0.730. The summed E-state index contributed by atoms with van der Waals surface area (Å²) in [7, 11) is 1.98. The van der Waals surface area contributed by atoms with Gasteiger partial charge in [0.25, 0.3) is 0 Å². The Hall–Kier alpha value is -0.690. The largest absolute Gasteiger partial charge is 0.388 e. The molecule has 0 fully saturated rings. The lowest BCUT2D eigenvalue weighted by atomic mass is 9.91. The summed E-state index contributed by atoms with van der Waals surface area (Å²) in [5.41, 5.74) is 4.35. The van der Waals surface area contributed by atoms with Gasteiger partial charge in [0, 0.05) is 12.7 Å². The van der Waals surface area contributed by atoms with Gasteiger partial charge in [-0.1, -0.05) is 6.07 Å². The predicted octanol–water partition coefficient (Wildman–Crippen LogP) is 3.03. The molecule has 0 aliphatic heterocycles. The molecule has 0 unspecified atom stereocenters. The molecular weight excluding hydrogens is 182 g/mol. The third kappa shape index (κ3) is 2.16. The Balaban J connectivity index is 0.000000845. The lowest BCUT2D eigenvalue weighted by Gasteiger charge is -2.16. The summed E-state index contributed by atoms with van der Waals surface area (Å²) in [4.78, 5) is 0. The first-order valence-corrected chi connectivity index (χ1v) is 4.70. The average molecular weight is 198 g/mol. The summed E-state index contributed by atoms with van der Waals surface area (Å²) in [6, 6.07) is 6.72. The van der Waals surface area contributed by atoms with E-state index in [1.54, 1.807) is 11.1 Å². The van der Waals surface area contributed by atoms with Crippen molar-refractivity contribution in [3.05, 3.63) is 29.3 Å². The van der Waals surface area contributed by atoms with Crippen molar-refractivity contribution < 1.29 is 0 Å². The maximum atomic E-state index is 3.18. The number of benzene rings is 1. The molecule has 0 radical (unpaired) electrons. The van der Waals surface area contributed by atoms with Crippen LogP contribution in [0.4, 0.5) is 5.69 Å². The molecule has 13 heavy (non-hydrogen) atoms. The highest BCUT2D eigenvalue weighted by atomic mass is 35.5. The van der Waals surface area contributed by atoms with Gasteiger partial charge in [-0.25, -0.2) is 0 Å². The van der Waals surface area contributed by atoms with Crippen molar-refractivity contribution in [2.75, 3.05) is 12.4 Å². The van der Waals surface area contributed by atoms with Gasteiger partial charge in [-0.15, -0.1) is 12.4 Å². The van der Waals surface area contributed by atoms with Crippen LogP contribution in [0.1, 0.15) is 24.0 Å². The lowest BCUT2D eigenvalue weighted by molar-refractivity contribution is 0.686. The standard InChI is InChI=1S/C11H15N.ClH/c1-12-11-7-6-9-4-2-3-5-10(9)8-11;/h6-8,12H,2-5H2,1H3;1H. The van der Waals surface area contributed by atoms with Crippen molar-refractivity contribution in [1.82, 2.24) is 0 Å². The second-order valence-corrected chi connectivity index (χ2v) is 3.44. The molecule has 0 aromatic heterocycles. The zero-order chi connectivity index (χ0) is 8.39. The molecule has 2 heteroatoms. The van der Waals surface area contributed by atoms with Crippen LogP contribution in [-0.4, -0.2) is 7.05 Å². The minimum atomic E-state index is 0. The van der Waals surface area contributed by atoms with E-state index in [-0.39, 0.29) is 12.4 Å². The Morgan fingerprint density at radius 3 is 2.46 bits per heavy atom. The summed E-state index contributed by atoms with van der Waals surface area (Å²) in [6.07, 6.45) is 5.27. The third-order valence-electron chi connectivity index (χ3n) is 2.64. The minimum absolute atomic E-state index is 0. The first-order chi connectivity index (χ1) is 5.90. The molecule has 0 saturated carbocycles. The zero-order valence-corrected chi connectivity index (χ0v) is 8.79. The van der Waals surface area contributed by atoms with Crippen LogP contribution in [0.25, 0.3) is 0 Å². The highest BCUT2D eigenvalue weighted by Gasteiger charge is 2.08. The molecular formula is C11H16ClN. The second kappa shape index (κ2) is 4.52. The van der Waals surface area contributed by atoms with E-state index in [1.165, 1.54) is 31.4 Å². The number of aryl methyl sites for hydroxylation is 2. The van der Waals surface area contributed by atoms with Gasteiger partial charge < -0.3 is 5.32 Å². The number of nitrogens with one attached hydrogen (secondary N) is 1. The van der Waals surface area contributed by atoms with E-state index in [2.05, 4.69) is 23.5 Å². The van der Waals surface area contributed by atoms with Gasteiger partial charge in [-0.3, -0.25) is 0 Å². The molecule has 0 amide bonds. The molecule has 1 aliphatic rings. The summed E-state index contributed by atoms with van der Waals surface area (Å²) < 4.78 is 0. The first-order valence-electron chi connectivity index (χ1n) is 4.70. The zero-order valence-electron chi connectivity index (χ0n) is 7.97. The van der Waals surface area contributed by atoms with Crippen molar-refractivity contribution in [3.63, 3.8) is 0 Å². The molecule has 1 aliphatic carbocycles. The van der Waals surface area contributed by atoms with E-state index < -0.39 is 0 Å². The third-order valence-corrected chi connectivity index (χ3v) is 2.64. The fourth-order valence-electron chi connectivity index (χ4n) is 1.89. The Morgan fingerprint density at radius 2 is 1.77 bits per heavy atom. The molecule has 1 nitrogen and oxygen atoms in total. The van der Waals surface area contributed by atoms with Crippen LogP contribution >= 0.6 is 12.4 Å². The van der Waals surface area contributed by atoms with E-state index in [9.17, 15) is 0 Å². The van der Waals surface area contributed by atoms with Gasteiger partial charge in [0.1, 0.15) is 0 Å². The van der Waals surface area contributed by atoms with E-state index in [0.29, 0.717) is 0 Å². The summed E-state index contributed by atoms with van der Waals surface area (Å²) in [5.74, 6) is 0. The van der Waals surface area contributed by atoms with E-state index >= 15 is 0 Å². The Morgan fingerprint density at radius 1 is 1.08 bits per heavy atom. The topological polar surface area (TPSA) is 12.0 Å². The highest BCUT2D eigenvalue weighted by Crippen LogP contribution is 2.23. The fraction of sp³-hybridized carbons (Fsp3) is 0.455. The van der Waals surface area contributed by atoms with Gasteiger partial charge in [0.05, 0.1) is 0 Å². The summed E-state index contributed by atoms with van der Waals surface area (Å²) in [5, 5.41) is 3.18. The Kier molecular flexibility index (Phi) is 3.61.